The predicted molar refractivity (Wildman–Crippen MR) is 134 cm³/mol. The van der Waals surface area contributed by atoms with Crippen molar-refractivity contribution in [2.45, 2.75) is 65.8 Å². The van der Waals surface area contributed by atoms with Gasteiger partial charge < -0.3 is 9.84 Å². The highest BCUT2D eigenvalue weighted by molar-refractivity contribution is 5.94. The van der Waals surface area contributed by atoms with E-state index < -0.39 is 22.8 Å². The zero-order chi connectivity index (χ0) is 25.3. The Bertz CT molecular complexity index is 1230. The molecule has 34 heavy (non-hydrogen) atoms. The molecule has 0 spiro atoms. The number of aromatic nitrogens is 2. The summed E-state index contributed by atoms with van der Waals surface area (Å²) in [5.41, 5.74) is 2.80. The van der Waals surface area contributed by atoms with E-state index in [1.807, 2.05) is 48.5 Å². The van der Waals surface area contributed by atoms with Crippen LogP contribution in [0.1, 0.15) is 75.5 Å². The molecule has 6 nitrogen and oxygen atoms in total. The van der Waals surface area contributed by atoms with E-state index in [4.69, 9.17) is 4.74 Å². The van der Waals surface area contributed by atoms with Crippen LogP contribution in [0.4, 0.5) is 0 Å². The Morgan fingerprint density at radius 1 is 0.912 bits per heavy atom. The minimum atomic E-state index is -0.864. The second-order valence-corrected chi connectivity index (χ2v) is 10.5. The maximum absolute atomic E-state index is 13.1. The lowest BCUT2D eigenvalue weighted by atomic mass is 9.86. The molecule has 1 heterocycles. The molecule has 3 aromatic rings. The van der Waals surface area contributed by atoms with Gasteiger partial charge in [-0.05, 0) is 34.4 Å². The molecule has 0 amide bonds. The summed E-state index contributed by atoms with van der Waals surface area (Å²) in [6, 6.07) is 15.5. The van der Waals surface area contributed by atoms with Gasteiger partial charge in [0.1, 0.15) is 5.69 Å². The average Bonchev–Trinajstić information content (AvgIpc) is 2.75. The molecule has 6 heteroatoms. The maximum Gasteiger partial charge on any atom is 0.347 e. The van der Waals surface area contributed by atoms with Crippen molar-refractivity contribution in [1.82, 2.24) is 9.78 Å². The summed E-state index contributed by atoms with van der Waals surface area (Å²) in [5.74, 6) is -1.33. The van der Waals surface area contributed by atoms with Gasteiger partial charge in [-0.3, -0.25) is 4.79 Å². The van der Waals surface area contributed by atoms with Crippen LogP contribution < -0.4 is 5.56 Å². The molecule has 0 aliphatic carbocycles. The highest BCUT2D eigenvalue weighted by atomic mass is 16.5. The summed E-state index contributed by atoms with van der Waals surface area (Å²) in [4.78, 5) is 25.7. The highest BCUT2D eigenvalue weighted by Crippen LogP contribution is 2.31. The first-order chi connectivity index (χ1) is 15.8. The molecule has 0 unspecified atom stereocenters. The molecule has 0 saturated carbocycles. The highest BCUT2D eigenvalue weighted by Gasteiger charge is 2.25. The van der Waals surface area contributed by atoms with Crippen LogP contribution in [-0.2, 0) is 22.1 Å². The summed E-state index contributed by atoms with van der Waals surface area (Å²) in [6.45, 7) is 14.6. The lowest BCUT2D eigenvalue weighted by molar-refractivity contribution is 0.0519. The number of nitrogens with zero attached hydrogens (tertiary/aromatic N) is 2. The van der Waals surface area contributed by atoms with Crippen molar-refractivity contribution in [3.63, 3.8) is 0 Å². The van der Waals surface area contributed by atoms with Crippen molar-refractivity contribution >= 4 is 5.97 Å². The smallest absolute Gasteiger partial charge is 0.347 e. The molecule has 0 fully saturated rings. The normalized spacial score (nSPS) is 12.0. The Morgan fingerprint density at radius 3 is 1.88 bits per heavy atom. The van der Waals surface area contributed by atoms with Crippen molar-refractivity contribution in [2.24, 2.45) is 0 Å². The second-order valence-electron chi connectivity index (χ2n) is 10.5. The Morgan fingerprint density at radius 2 is 1.41 bits per heavy atom. The first kappa shape index (κ1) is 25.2. The number of carbonyl (C=O) groups excluding carboxylic acids is 1. The lowest BCUT2D eigenvalue weighted by Crippen LogP contribution is -2.30. The molecular weight excluding hydrogens is 428 g/mol. The van der Waals surface area contributed by atoms with E-state index >= 15 is 0 Å². The first-order valence-corrected chi connectivity index (χ1v) is 11.5. The summed E-state index contributed by atoms with van der Waals surface area (Å²) in [6.07, 6.45) is 0. The second kappa shape index (κ2) is 9.45. The van der Waals surface area contributed by atoms with Gasteiger partial charge >= 0.3 is 5.97 Å². The third-order valence-electron chi connectivity index (χ3n) is 5.79. The van der Waals surface area contributed by atoms with Crippen LogP contribution in [-0.4, -0.2) is 27.5 Å². The zero-order valence-corrected chi connectivity index (χ0v) is 21.1. The average molecular weight is 463 g/mol. The number of hydrogen-bond acceptors (Lipinski definition) is 5. The van der Waals surface area contributed by atoms with E-state index in [2.05, 4.69) is 46.6 Å². The number of aromatic hydroxyl groups is 1. The zero-order valence-electron chi connectivity index (χ0n) is 21.1. The van der Waals surface area contributed by atoms with Crippen molar-refractivity contribution in [2.75, 3.05) is 6.61 Å². The molecule has 1 N–H and O–H groups in total. The maximum atomic E-state index is 13.1. The van der Waals surface area contributed by atoms with E-state index in [1.54, 1.807) is 6.92 Å². The number of ether oxygens (including phenoxy) is 1. The molecule has 0 aliphatic rings. The molecule has 0 atom stereocenters. The molecular formula is C28H34N2O4. The summed E-state index contributed by atoms with van der Waals surface area (Å²) < 4.78 is 6.28. The third-order valence-corrected chi connectivity index (χ3v) is 5.79. The summed E-state index contributed by atoms with van der Waals surface area (Å²) in [7, 11) is 0. The standard InChI is InChI=1S/C28H34N2O4/c1-8-34-26(33)22-24(31)23(19-11-15-21(16-12-19)28(5,6)7)29-30(25(22)32)17-18-9-13-20(14-10-18)27(2,3)4/h9-16,31H,8,17H2,1-7H3. The van der Waals surface area contributed by atoms with Crippen LogP contribution in [0.5, 0.6) is 5.75 Å². The van der Waals surface area contributed by atoms with Gasteiger partial charge in [0.25, 0.3) is 5.56 Å². The van der Waals surface area contributed by atoms with E-state index in [9.17, 15) is 14.7 Å². The number of rotatable bonds is 5. The lowest BCUT2D eigenvalue weighted by Gasteiger charge is -2.20. The number of benzene rings is 2. The van der Waals surface area contributed by atoms with E-state index in [0.29, 0.717) is 5.56 Å². The van der Waals surface area contributed by atoms with Crippen LogP contribution in [0.25, 0.3) is 11.3 Å². The van der Waals surface area contributed by atoms with Gasteiger partial charge in [-0.25, -0.2) is 9.48 Å². The van der Waals surface area contributed by atoms with Gasteiger partial charge in [0.2, 0.25) is 0 Å². The monoisotopic (exact) mass is 462 g/mol. The largest absolute Gasteiger partial charge is 0.505 e. The molecule has 180 valence electrons. The van der Waals surface area contributed by atoms with Crippen LogP contribution in [0.2, 0.25) is 0 Å². The SMILES string of the molecule is CCOC(=O)c1c(O)c(-c2ccc(C(C)(C)C)cc2)nn(Cc2ccc(C(C)(C)C)cc2)c1=O. The Labute approximate surface area is 201 Å². The first-order valence-electron chi connectivity index (χ1n) is 11.5. The molecule has 0 saturated heterocycles. The fraction of sp³-hybridized carbons (Fsp3) is 0.393. The van der Waals surface area contributed by atoms with Gasteiger partial charge in [-0.2, -0.15) is 5.10 Å². The third kappa shape index (κ3) is 5.38. The minimum Gasteiger partial charge on any atom is -0.505 e. The van der Waals surface area contributed by atoms with Crippen LogP contribution >= 0.6 is 0 Å². The van der Waals surface area contributed by atoms with Crippen LogP contribution in [0.15, 0.2) is 53.3 Å². The topological polar surface area (TPSA) is 81.4 Å². The van der Waals surface area contributed by atoms with Crippen molar-refractivity contribution in [3.8, 4) is 17.0 Å². The quantitative estimate of drug-likeness (QED) is 0.511. The number of hydrogen-bond donors (Lipinski definition) is 1. The van der Waals surface area contributed by atoms with E-state index in [0.717, 1.165) is 11.1 Å². The molecule has 2 aromatic carbocycles. The summed E-state index contributed by atoms with van der Waals surface area (Å²) >= 11 is 0. The van der Waals surface area contributed by atoms with Gasteiger partial charge in [0, 0.05) is 5.56 Å². The van der Waals surface area contributed by atoms with Crippen LogP contribution in [0, 0.1) is 0 Å². The van der Waals surface area contributed by atoms with Crippen molar-refractivity contribution in [3.05, 3.63) is 81.1 Å². The molecule has 3 rings (SSSR count). The molecule has 0 radical (unpaired) electrons. The van der Waals surface area contributed by atoms with Gasteiger partial charge in [0.05, 0.1) is 13.2 Å². The van der Waals surface area contributed by atoms with E-state index in [1.165, 1.54) is 10.2 Å². The van der Waals surface area contributed by atoms with Gasteiger partial charge in [-0.1, -0.05) is 90.1 Å². The Kier molecular flexibility index (Phi) is 7.01. The fourth-order valence-electron chi connectivity index (χ4n) is 3.66. The predicted octanol–water partition coefficient (Wildman–Crippen LogP) is 5.44. The molecule has 0 aliphatic heterocycles. The summed E-state index contributed by atoms with van der Waals surface area (Å²) in [5, 5.41) is 15.3. The van der Waals surface area contributed by atoms with Gasteiger partial charge in [0.15, 0.2) is 11.3 Å². The number of esters is 1. The van der Waals surface area contributed by atoms with Crippen molar-refractivity contribution < 1.29 is 14.6 Å². The minimum absolute atomic E-state index is 0.00954. The van der Waals surface area contributed by atoms with E-state index in [-0.39, 0.29) is 29.7 Å². The number of carbonyl (C=O) groups is 1. The van der Waals surface area contributed by atoms with Crippen LogP contribution in [0.3, 0.4) is 0 Å². The van der Waals surface area contributed by atoms with Crippen molar-refractivity contribution in [1.29, 1.82) is 0 Å². The molecule has 0 bridgehead atoms. The Hall–Kier alpha value is -3.41. The Balaban J connectivity index is 2.12. The fourth-order valence-corrected chi connectivity index (χ4v) is 3.66. The van der Waals surface area contributed by atoms with Gasteiger partial charge in [-0.15, -0.1) is 0 Å². The molecule has 1 aromatic heterocycles.